The summed E-state index contributed by atoms with van der Waals surface area (Å²) in [6.07, 6.45) is 3.96. The van der Waals surface area contributed by atoms with E-state index in [1.807, 2.05) is 44.2 Å². The summed E-state index contributed by atoms with van der Waals surface area (Å²) in [7, 11) is 0. The largest absolute Gasteiger partial charge is 0.354 e. The quantitative estimate of drug-likeness (QED) is 0.708. The lowest BCUT2D eigenvalue weighted by atomic mass is 10.1. The van der Waals surface area contributed by atoms with Gasteiger partial charge in [0, 0.05) is 24.6 Å². The van der Waals surface area contributed by atoms with Crippen LogP contribution in [-0.4, -0.2) is 22.4 Å². The number of aromatic nitrogens is 2. The molecule has 0 aliphatic heterocycles. The van der Waals surface area contributed by atoms with Crippen LogP contribution in [0.25, 0.3) is 0 Å². The highest BCUT2D eigenvalue weighted by Gasteiger charge is 2.08. The van der Waals surface area contributed by atoms with Crippen molar-refractivity contribution < 1.29 is 4.79 Å². The molecule has 0 radical (unpaired) electrons. The van der Waals surface area contributed by atoms with Crippen LogP contribution in [0.15, 0.2) is 60.9 Å². The summed E-state index contributed by atoms with van der Waals surface area (Å²) in [6.45, 7) is 4.74. The molecular weight excluding hydrogens is 324 g/mol. The topological polar surface area (TPSA) is 66.9 Å². The zero-order valence-corrected chi connectivity index (χ0v) is 15.0. The molecule has 0 spiro atoms. The number of nitrogens with one attached hydrogen (secondary N) is 2. The summed E-state index contributed by atoms with van der Waals surface area (Å²) < 4.78 is 0. The zero-order valence-electron chi connectivity index (χ0n) is 15.0. The number of benzene rings is 2. The van der Waals surface area contributed by atoms with Gasteiger partial charge in [-0.05, 0) is 49.1 Å². The predicted octanol–water partition coefficient (Wildman–Crippen LogP) is 4.00. The number of carbonyl (C=O) groups excluding carboxylic acids is 1. The fraction of sp³-hybridized carbons (Fsp3) is 0.190. The number of carbonyl (C=O) groups is 1. The van der Waals surface area contributed by atoms with E-state index in [0.717, 1.165) is 29.8 Å². The molecule has 132 valence electrons. The van der Waals surface area contributed by atoms with Gasteiger partial charge in [-0.15, -0.1) is 0 Å². The van der Waals surface area contributed by atoms with Crippen molar-refractivity contribution in [2.24, 2.45) is 0 Å². The molecule has 26 heavy (non-hydrogen) atoms. The first-order valence-corrected chi connectivity index (χ1v) is 8.59. The molecule has 2 aromatic carbocycles. The molecule has 2 N–H and O–H groups in total. The van der Waals surface area contributed by atoms with Crippen LogP contribution < -0.4 is 10.6 Å². The maximum absolute atomic E-state index is 12.3. The third-order valence-electron chi connectivity index (χ3n) is 3.93. The Morgan fingerprint density at radius 1 is 0.962 bits per heavy atom. The molecule has 1 heterocycles. The average Bonchev–Trinajstić information content (AvgIpc) is 2.62. The molecule has 0 fully saturated rings. The zero-order chi connectivity index (χ0) is 18.4. The minimum absolute atomic E-state index is 0.217. The molecule has 5 heteroatoms. The number of aryl methyl sites for hydroxylation is 2. The molecule has 0 bridgehead atoms. The third-order valence-corrected chi connectivity index (χ3v) is 3.93. The molecule has 0 saturated carbocycles. The molecule has 5 nitrogen and oxygen atoms in total. The SMILES string of the molecule is Cc1cc(C)cc(NC(=O)c2cnc(NCCc3ccccc3)nc2)c1. The Morgan fingerprint density at radius 3 is 2.27 bits per heavy atom. The van der Waals surface area contributed by atoms with Gasteiger partial charge in [-0.3, -0.25) is 4.79 Å². The van der Waals surface area contributed by atoms with Crippen molar-refractivity contribution in [1.82, 2.24) is 9.97 Å². The highest BCUT2D eigenvalue weighted by atomic mass is 16.1. The average molecular weight is 346 g/mol. The van der Waals surface area contributed by atoms with Gasteiger partial charge in [0.2, 0.25) is 5.95 Å². The third kappa shape index (κ3) is 4.89. The first-order chi connectivity index (χ1) is 12.6. The second kappa shape index (κ2) is 8.25. The maximum atomic E-state index is 12.3. The lowest BCUT2D eigenvalue weighted by Gasteiger charge is -2.08. The number of rotatable bonds is 6. The van der Waals surface area contributed by atoms with E-state index in [9.17, 15) is 4.79 Å². The summed E-state index contributed by atoms with van der Waals surface area (Å²) in [5, 5.41) is 6.05. The smallest absolute Gasteiger partial charge is 0.258 e. The first-order valence-electron chi connectivity index (χ1n) is 8.59. The van der Waals surface area contributed by atoms with Crippen molar-refractivity contribution in [3.05, 3.63) is 83.2 Å². The van der Waals surface area contributed by atoms with Crippen molar-refractivity contribution in [2.75, 3.05) is 17.2 Å². The van der Waals surface area contributed by atoms with Crippen LogP contribution in [0.3, 0.4) is 0 Å². The lowest BCUT2D eigenvalue weighted by molar-refractivity contribution is 0.102. The summed E-state index contributed by atoms with van der Waals surface area (Å²) in [5.74, 6) is 0.301. The van der Waals surface area contributed by atoms with E-state index in [4.69, 9.17) is 0 Å². The van der Waals surface area contributed by atoms with Gasteiger partial charge in [0.1, 0.15) is 0 Å². The first kappa shape index (κ1) is 17.6. The second-order valence-electron chi connectivity index (χ2n) is 6.29. The van der Waals surface area contributed by atoms with Crippen LogP contribution >= 0.6 is 0 Å². The Hall–Kier alpha value is -3.21. The highest BCUT2D eigenvalue weighted by Crippen LogP contribution is 2.15. The molecular formula is C21H22N4O. The van der Waals surface area contributed by atoms with Gasteiger partial charge in [0.05, 0.1) is 5.56 Å². The van der Waals surface area contributed by atoms with Gasteiger partial charge in [0.25, 0.3) is 5.91 Å². The molecule has 1 amide bonds. The molecule has 0 saturated heterocycles. The maximum Gasteiger partial charge on any atom is 0.258 e. The number of anilines is 2. The van der Waals surface area contributed by atoms with Crippen LogP contribution in [0.4, 0.5) is 11.6 Å². The number of hydrogen-bond donors (Lipinski definition) is 2. The van der Waals surface area contributed by atoms with Crippen molar-refractivity contribution in [2.45, 2.75) is 20.3 Å². The van der Waals surface area contributed by atoms with Gasteiger partial charge < -0.3 is 10.6 Å². The number of amides is 1. The number of nitrogens with zero attached hydrogens (tertiary/aromatic N) is 2. The standard InChI is InChI=1S/C21H22N4O/c1-15-10-16(2)12-19(11-15)25-20(26)18-13-23-21(24-14-18)22-9-8-17-6-4-3-5-7-17/h3-7,10-14H,8-9H2,1-2H3,(H,25,26)(H,22,23,24). The monoisotopic (exact) mass is 346 g/mol. The van der Waals surface area contributed by atoms with Crippen LogP contribution in [0.1, 0.15) is 27.0 Å². The molecule has 3 aromatic rings. The molecule has 0 atom stereocenters. The van der Waals surface area contributed by atoms with Gasteiger partial charge in [-0.25, -0.2) is 9.97 Å². The Kier molecular flexibility index (Phi) is 5.59. The van der Waals surface area contributed by atoms with Crippen LogP contribution in [-0.2, 0) is 6.42 Å². The molecule has 0 aliphatic rings. The van der Waals surface area contributed by atoms with Crippen molar-refractivity contribution in [3.63, 3.8) is 0 Å². The fourth-order valence-electron chi connectivity index (χ4n) is 2.75. The fourth-order valence-corrected chi connectivity index (χ4v) is 2.75. The Balaban J connectivity index is 1.55. The van der Waals surface area contributed by atoms with E-state index >= 15 is 0 Å². The predicted molar refractivity (Wildman–Crippen MR) is 105 cm³/mol. The van der Waals surface area contributed by atoms with Crippen LogP contribution in [0, 0.1) is 13.8 Å². The van der Waals surface area contributed by atoms with E-state index in [-0.39, 0.29) is 5.91 Å². The van der Waals surface area contributed by atoms with E-state index in [2.05, 4.69) is 38.8 Å². The van der Waals surface area contributed by atoms with Gasteiger partial charge >= 0.3 is 0 Å². The molecule has 0 unspecified atom stereocenters. The second-order valence-corrected chi connectivity index (χ2v) is 6.29. The normalized spacial score (nSPS) is 10.4. The van der Waals surface area contributed by atoms with E-state index in [0.29, 0.717) is 11.5 Å². The lowest BCUT2D eigenvalue weighted by Crippen LogP contribution is -2.14. The Bertz CT molecular complexity index is 856. The molecule has 0 aliphatic carbocycles. The van der Waals surface area contributed by atoms with E-state index < -0.39 is 0 Å². The Labute approximate surface area is 153 Å². The van der Waals surface area contributed by atoms with Crippen LogP contribution in [0.2, 0.25) is 0 Å². The number of hydrogen-bond acceptors (Lipinski definition) is 4. The Morgan fingerprint density at radius 2 is 1.62 bits per heavy atom. The summed E-state index contributed by atoms with van der Waals surface area (Å²) in [5.41, 5.74) is 4.67. The van der Waals surface area contributed by atoms with Crippen molar-refractivity contribution >= 4 is 17.5 Å². The van der Waals surface area contributed by atoms with Crippen molar-refractivity contribution in [3.8, 4) is 0 Å². The van der Waals surface area contributed by atoms with Crippen LogP contribution in [0.5, 0.6) is 0 Å². The van der Waals surface area contributed by atoms with Gasteiger partial charge in [-0.1, -0.05) is 36.4 Å². The minimum atomic E-state index is -0.217. The minimum Gasteiger partial charge on any atom is -0.354 e. The molecule has 1 aromatic heterocycles. The summed E-state index contributed by atoms with van der Waals surface area (Å²) in [4.78, 5) is 20.8. The highest BCUT2D eigenvalue weighted by molar-refractivity contribution is 6.04. The van der Waals surface area contributed by atoms with Gasteiger partial charge in [0.15, 0.2) is 0 Å². The summed E-state index contributed by atoms with van der Waals surface area (Å²) >= 11 is 0. The van der Waals surface area contributed by atoms with E-state index in [1.54, 1.807) is 0 Å². The van der Waals surface area contributed by atoms with Crippen molar-refractivity contribution in [1.29, 1.82) is 0 Å². The van der Waals surface area contributed by atoms with Gasteiger partial charge in [-0.2, -0.15) is 0 Å². The van der Waals surface area contributed by atoms with E-state index in [1.165, 1.54) is 18.0 Å². The molecule has 3 rings (SSSR count). The summed E-state index contributed by atoms with van der Waals surface area (Å²) in [6, 6.07) is 16.2.